The molecule has 6 bridgehead atoms. The molecule has 12 heteroatoms. The number of hydrogen-bond donors (Lipinski definition) is 4. The molecule has 2 aliphatic rings. The number of benzene rings is 2. The quantitative estimate of drug-likeness (QED) is 0.210. The van der Waals surface area contributed by atoms with Crippen molar-refractivity contribution in [3.63, 3.8) is 0 Å². The highest BCUT2D eigenvalue weighted by Gasteiger charge is 2.17. The Morgan fingerprint density at radius 2 is 1.79 bits per heavy atom. The van der Waals surface area contributed by atoms with E-state index in [1.165, 1.54) is 19.1 Å². The molecule has 4 heterocycles. The number of nitrogens with zero attached hydrogens (tertiary/aromatic N) is 4. The van der Waals surface area contributed by atoms with Gasteiger partial charge in [0, 0.05) is 43.3 Å². The van der Waals surface area contributed by atoms with Crippen molar-refractivity contribution in [3.8, 4) is 0 Å². The third-order valence-corrected chi connectivity index (χ3v) is 6.90. The zero-order valence-electron chi connectivity index (χ0n) is 23.0. The van der Waals surface area contributed by atoms with E-state index in [-0.39, 0.29) is 17.8 Å². The molecule has 0 spiro atoms. The van der Waals surface area contributed by atoms with Gasteiger partial charge in [-0.3, -0.25) is 9.78 Å². The normalized spacial score (nSPS) is 13.5. The molecular weight excluding hydrogens is 559 g/mol. The number of halogens is 2. The summed E-state index contributed by atoms with van der Waals surface area (Å²) in [6, 6.07) is 13.5. The lowest BCUT2D eigenvalue weighted by Gasteiger charge is -2.15. The predicted octanol–water partition coefficient (Wildman–Crippen LogP) is 6.52. The Balaban J connectivity index is 0.000000199. The number of fused-ring (bicyclic) bond motifs is 6. The van der Waals surface area contributed by atoms with Crippen molar-refractivity contribution in [3.05, 3.63) is 89.1 Å². The van der Waals surface area contributed by atoms with Crippen LogP contribution in [0.25, 0.3) is 0 Å². The van der Waals surface area contributed by atoms with Crippen molar-refractivity contribution in [2.24, 2.45) is 0 Å². The molecule has 4 N–H and O–H groups in total. The Labute approximate surface area is 247 Å². The molecule has 216 valence electrons. The SMILES string of the molecule is CC(=O)Nc1ccc2cc1CCc1cncc(c1)Nc1ncc(Cl)c(n1)N2.O=C(Nc1cccc(F)c1)N1CCCC1. The molecule has 10 nitrogen and oxygen atoms in total. The number of aromatic nitrogens is 3. The number of pyridine rings is 1. The largest absolute Gasteiger partial charge is 0.339 e. The summed E-state index contributed by atoms with van der Waals surface area (Å²) in [4.78, 5) is 37.9. The van der Waals surface area contributed by atoms with Crippen molar-refractivity contribution >= 4 is 58.1 Å². The minimum Gasteiger partial charge on any atom is -0.339 e. The predicted molar refractivity (Wildman–Crippen MR) is 162 cm³/mol. The van der Waals surface area contributed by atoms with Gasteiger partial charge in [-0.2, -0.15) is 4.98 Å². The van der Waals surface area contributed by atoms with Crippen LogP contribution in [-0.4, -0.2) is 44.9 Å². The van der Waals surface area contributed by atoms with Gasteiger partial charge in [-0.05, 0) is 79.3 Å². The van der Waals surface area contributed by atoms with Crippen LogP contribution >= 0.6 is 11.6 Å². The highest BCUT2D eigenvalue weighted by atomic mass is 35.5. The third-order valence-electron chi connectivity index (χ3n) is 6.63. The molecule has 2 aromatic heterocycles. The number of amides is 3. The Morgan fingerprint density at radius 1 is 0.952 bits per heavy atom. The van der Waals surface area contributed by atoms with Crippen LogP contribution in [-0.2, 0) is 17.6 Å². The summed E-state index contributed by atoms with van der Waals surface area (Å²) in [7, 11) is 0. The summed E-state index contributed by atoms with van der Waals surface area (Å²) < 4.78 is 12.8. The summed E-state index contributed by atoms with van der Waals surface area (Å²) in [5.74, 6) is 0.478. The Bertz CT molecular complexity index is 1600. The Morgan fingerprint density at radius 3 is 2.57 bits per heavy atom. The van der Waals surface area contributed by atoms with Crippen molar-refractivity contribution < 1.29 is 14.0 Å². The average molecular weight is 589 g/mol. The molecule has 3 amide bonds. The lowest BCUT2D eigenvalue weighted by Crippen LogP contribution is -2.32. The number of anilines is 6. The summed E-state index contributed by atoms with van der Waals surface area (Å²) in [5, 5.41) is 12.4. The van der Waals surface area contributed by atoms with E-state index >= 15 is 0 Å². The lowest BCUT2D eigenvalue weighted by atomic mass is 10.0. The molecule has 0 aliphatic carbocycles. The van der Waals surface area contributed by atoms with Crippen molar-refractivity contribution in [1.82, 2.24) is 19.9 Å². The minimum absolute atomic E-state index is 0.105. The second-order valence-electron chi connectivity index (χ2n) is 9.91. The Hall–Kier alpha value is -4.77. The van der Waals surface area contributed by atoms with E-state index in [0.29, 0.717) is 22.5 Å². The monoisotopic (exact) mass is 588 g/mol. The summed E-state index contributed by atoms with van der Waals surface area (Å²) in [6.45, 7) is 3.09. The summed E-state index contributed by atoms with van der Waals surface area (Å²) in [6.07, 6.45) is 8.72. The van der Waals surface area contributed by atoms with Crippen LogP contribution in [0, 0.1) is 5.82 Å². The molecule has 0 unspecified atom stereocenters. The smallest absolute Gasteiger partial charge is 0.321 e. The van der Waals surface area contributed by atoms with Crippen LogP contribution in [0.2, 0.25) is 5.02 Å². The van der Waals surface area contributed by atoms with Gasteiger partial charge in [-0.1, -0.05) is 17.7 Å². The van der Waals surface area contributed by atoms with E-state index in [2.05, 4.69) is 36.2 Å². The number of likely N-dealkylation sites (tertiary alicyclic amines) is 1. The number of urea groups is 1. The van der Waals surface area contributed by atoms with Crippen LogP contribution in [0.3, 0.4) is 0 Å². The Kier molecular flexibility index (Phi) is 9.08. The van der Waals surface area contributed by atoms with E-state index in [1.807, 2.05) is 30.5 Å². The van der Waals surface area contributed by atoms with E-state index in [1.54, 1.807) is 29.4 Å². The van der Waals surface area contributed by atoms with Gasteiger partial charge >= 0.3 is 6.03 Å². The first-order chi connectivity index (χ1) is 20.3. The van der Waals surface area contributed by atoms with E-state index in [4.69, 9.17) is 11.6 Å². The number of carbonyl (C=O) groups excluding carboxylic acids is 2. The summed E-state index contributed by atoms with van der Waals surface area (Å²) in [5.41, 5.74) is 5.01. The van der Waals surface area contributed by atoms with Gasteiger partial charge in [0.15, 0.2) is 5.82 Å². The van der Waals surface area contributed by atoms with Crippen molar-refractivity contribution in [2.75, 3.05) is 34.4 Å². The first kappa shape index (κ1) is 28.7. The molecule has 2 aromatic carbocycles. The number of rotatable bonds is 2. The first-order valence-corrected chi connectivity index (χ1v) is 13.9. The molecule has 0 atom stereocenters. The highest BCUT2D eigenvalue weighted by molar-refractivity contribution is 6.32. The van der Waals surface area contributed by atoms with Crippen LogP contribution in [0.1, 0.15) is 30.9 Å². The molecule has 0 saturated carbocycles. The van der Waals surface area contributed by atoms with Crippen LogP contribution in [0.15, 0.2) is 67.1 Å². The van der Waals surface area contributed by atoms with Crippen LogP contribution < -0.4 is 21.3 Å². The van der Waals surface area contributed by atoms with E-state index < -0.39 is 0 Å². The van der Waals surface area contributed by atoms with Crippen molar-refractivity contribution in [2.45, 2.75) is 32.6 Å². The molecule has 0 radical (unpaired) electrons. The average Bonchev–Trinajstić information content (AvgIpc) is 3.50. The third kappa shape index (κ3) is 7.70. The van der Waals surface area contributed by atoms with Gasteiger partial charge < -0.3 is 26.2 Å². The molecule has 2 aliphatic heterocycles. The standard InChI is InChI=1S/C19H17ClN6O.C11H13FN2O/c1-11(27)23-17-5-4-14-7-13(17)3-2-12-6-15(9-21-8-12)25-19-22-10-16(20)18(24-14)26-19;12-9-4-3-5-10(8-9)13-11(15)14-6-1-2-7-14/h4-10H,2-3H2,1H3,(H,23,27)(H2,22,24,25,26);3-5,8H,1-2,6-7H2,(H,13,15). The first-order valence-electron chi connectivity index (χ1n) is 13.5. The fraction of sp³-hybridized carbons (Fsp3) is 0.233. The van der Waals surface area contributed by atoms with Crippen molar-refractivity contribution in [1.29, 1.82) is 0 Å². The maximum absolute atomic E-state index is 12.8. The molecule has 1 saturated heterocycles. The molecular formula is C30H30ClFN8O2. The van der Waals surface area contributed by atoms with Gasteiger partial charge in [0.2, 0.25) is 11.9 Å². The molecule has 42 heavy (non-hydrogen) atoms. The summed E-state index contributed by atoms with van der Waals surface area (Å²) >= 11 is 6.25. The fourth-order valence-corrected chi connectivity index (χ4v) is 4.77. The molecule has 6 rings (SSSR count). The van der Waals surface area contributed by atoms with E-state index in [9.17, 15) is 14.0 Å². The maximum atomic E-state index is 12.8. The van der Waals surface area contributed by atoms with Gasteiger partial charge in [0.05, 0.1) is 18.1 Å². The number of carbonyl (C=O) groups is 2. The number of hydrogen-bond acceptors (Lipinski definition) is 7. The molecule has 1 fully saturated rings. The van der Waals surface area contributed by atoms with Gasteiger partial charge in [0.25, 0.3) is 0 Å². The van der Waals surface area contributed by atoms with E-state index in [0.717, 1.165) is 67.0 Å². The second-order valence-corrected chi connectivity index (χ2v) is 10.3. The topological polar surface area (TPSA) is 124 Å². The van der Waals surface area contributed by atoms with Gasteiger partial charge in [-0.15, -0.1) is 0 Å². The minimum atomic E-state index is -0.339. The zero-order chi connectivity index (χ0) is 29.5. The van der Waals surface area contributed by atoms with Crippen LogP contribution in [0.4, 0.5) is 43.7 Å². The van der Waals surface area contributed by atoms with Gasteiger partial charge in [0.1, 0.15) is 10.8 Å². The second kappa shape index (κ2) is 13.3. The lowest BCUT2D eigenvalue weighted by molar-refractivity contribution is -0.114. The van der Waals surface area contributed by atoms with Gasteiger partial charge in [-0.25, -0.2) is 14.2 Å². The van der Waals surface area contributed by atoms with Crippen LogP contribution in [0.5, 0.6) is 0 Å². The highest BCUT2D eigenvalue weighted by Crippen LogP contribution is 2.29. The zero-order valence-corrected chi connectivity index (χ0v) is 23.7. The maximum Gasteiger partial charge on any atom is 0.321 e. The number of aryl methyl sites for hydroxylation is 2. The number of nitrogens with one attached hydrogen (secondary N) is 4. The fourth-order valence-electron chi connectivity index (χ4n) is 4.63. The molecule has 4 aromatic rings.